The van der Waals surface area contributed by atoms with Crippen LogP contribution in [0.1, 0.15) is 13.8 Å². The molecular formula is C7H15Cl2NO2. The van der Waals surface area contributed by atoms with Gasteiger partial charge in [-0.1, -0.05) is 13.8 Å². The Morgan fingerprint density at radius 2 is 1.92 bits per heavy atom. The fourth-order valence-corrected chi connectivity index (χ4v) is 0.872. The van der Waals surface area contributed by atoms with E-state index in [0.717, 1.165) is 19.6 Å². The molecule has 0 heterocycles. The average Bonchev–Trinajstić information content (AvgIpc) is 1.98. The van der Waals surface area contributed by atoms with E-state index < -0.39 is 5.43 Å². The van der Waals surface area contributed by atoms with Gasteiger partial charge in [-0.2, -0.15) is 0 Å². The zero-order chi connectivity index (χ0) is 8.69. The first-order valence-electron chi connectivity index (χ1n) is 3.75. The Kier molecular flexibility index (Phi) is 11.0. The fraction of sp³-hybridized carbons (Fsp3) is 0.857. The number of hydrogen-bond donors (Lipinski definition) is 0. The Hall–Kier alpha value is 0.01000. The van der Waals surface area contributed by atoms with Crippen LogP contribution in [0.3, 0.4) is 0 Å². The molecule has 0 N–H and O–H groups in total. The van der Waals surface area contributed by atoms with E-state index in [2.05, 4.69) is 23.5 Å². The number of ether oxygens (including phenoxy) is 1. The van der Waals surface area contributed by atoms with E-state index >= 15 is 0 Å². The van der Waals surface area contributed by atoms with Crippen molar-refractivity contribution in [3.8, 4) is 0 Å². The Bertz CT molecular complexity index is 118. The molecule has 0 saturated carbocycles. The van der Waals surface area contributed by atoms with Gasteiger partial charge in [0.1, 0.15) is 6.61 Å². The van der Waals surface area contributed by atoms with E-state index in [1.807, 2.05) is 0 Å². The van der Waals surface area contributed by atoms with E-state index in [-0.39, 0.29) is 12.4 Å². The lowest BCUT2D eigenvalue weighted by atomic mass is 10.5. The smallest absolute Gasteiger partial charge is 0.403 e. The van der Waals surface area contributed by atoms with Crippen molar-refractivity contribution in [3.63, 3.8) is 0 Å². The third-order valence-electron chi connectivity index (χ3n) is 1.52. The van der Waals surface area contributed by atoms with Gasteiger partial charge >= 0.3 is 5.43 Å². The van der Waals surface area contributed by atoms with Crippen LogP contribution in [0.2, 0.25) is 0 Å². The lowest BCUT2D eigenvalue weighted by Crippen LogP contribution is -2.27. The molecule has 12 heavy (non-hydrogen) atoms. The zero-order valence-corrected chi connectivity index (χ0v) is 8.95. The largest absolute Gasteiger partial charge is 0.452 e. The molecule has 0 aromatic carbocycles. The average molecular weight is 216 g/mol. The number of rotatable bonds is 5. The molecule has 0 aromatic heterocycles. The second-order valence-electron chi connectivity index (χ2n) is 2.11. The van der Waals surface area contributed by atoms with E-state index in [1.54, 1.807) is 0 Å². The van der Waals surface area contributed by atoms with E-state index in [4.69, 9.17) is 11.6 Å². The lowest BCUT2D eigenvalue weighted by Gasteiger charge is -2.16. The molecule has 0 aliphatic rings. The minimum Gasteiger partial charge on any atom is -0.452 e. The maximum atomic E-state index is 10.1. The predicted molar refractivity (Wildman–Crippen MR) is 52.2 cm³/mol. The molecule has 0 saturated heterocycles. The van der Waals surface area contributed by atoms with Crippen LogP contribution in [-0.2, 0) is 4.74 Å². The fourth-order valence-electron chi connectivity index (χ4n) is 0.795. The van der Waals surface area contributed by atoms with Crippen molar-refractivity contribution >= 4 is 29.4 Å². The Morgan fingerprint density at radius 1 is 1.42 bits per heavy atom. The predicted octanol–water partition coefficient (Wildman–Crippen LogP) is 2.13. The molecule has 0 fully saturated rings. The molecular weight excluding hydrogens is 201 g/mol. The first-order chi connectivity index (χ1) is 5.20. The Morgan fingerprint density at radius 3 is 2.25 bits per heavy atom. The van der Waals surface area contributed by atoms with E-state index in [1.165, 1.54) is 0 Å². The number of carbonyl (C=O) groups excluding carboxylic acids is 1. The highest BCUT2D eigenvalue weighted by Crippen LogP contribution is 1.90. The topological polar surface area (TPSA) is 29.5 Å². The second-order valence-corrected chi connectivity index (χ2v) is 2.42. The molecule has 0 aliphatic carbocycles. The molecule has 0 aromatic rings. The van der Waals surface area contributed by atoms with Crippen LogP contribution in [0, 0.1) is 0 Å². The van der Waals surface area contributed by atoms with Gasteiger partial charge in [-0.25, -0.2) is 4.79 Å². The van der Waals surface area contributed by atoms with Crippen LogP contribution in [0.5, 0.6) is 0 Å². The first kappa shape index (κ1) is 14.5. The number of halogens is 2. The molecule has 0 unspecified atom stereocenters. The standard InChI is InChI=1S/C7H14ClNO2.ClH/c1-3-9(4-2)5-6-11-7(8)10;/h3-6H2,1-2H3;1H. The van der Waals surface area contributed by atoms with Gasteiger partial charge in [-0.05, 0) is 13.1 Å². The molecule has 0 aliphatic heterocycles. The summed E-state index contributed by atoms with van der Waals surface area (Å²) in [5.41, 5.74) is -0.725. The van der Waals surface area contributed by atoms with Gasteiger partial charge in [0.2, 0.25) is 0 Å². The Balaban J connectivity index is 0. The van der Waals surface area contributed by atoms with Crippen LogP contribution in [0.15, 0.2) is 0 Å². The summed E-state index contributed by atoms with van der Waals surface area (Å²) < 4.78 is 4.56. The summed E-state index contributed by atoms with van der Waals surface area (Å²) in [4.78, 5) is 12.3. The maximum Gasteiger partial charge on any atom is 0.403 e. The summed E-state index contributed by atoms with van der Waals surface area (Å²) in [6.07, 6.45) is 0. The third kappa shape index (κ3) is 8.11. The highest BCUT2D eigenvalue weighted by molar-refractivity contribution is 6.61. The van der Waals surface area contributed by atoms with Crippen molar-refractivity contribution in [1.82, 2.24) is 4.90 Å². The lowest BCUT2D eigenvalue weighted by molar-refractivity contribution is 0.152. The van der Waals surface area contributed by atoms with E-state index in [0.29, 0.717) is 6.61 Å². The molecule has 0 rings (SSSR count). The van der Waals surface area contributed by atoms with Gasteiger partial charge in [-0.15, -0.1) is 12.4 Å². The van der Waals surface area contributed by atoms with Gasteiger partial charge in [0.05, 0.1) is 0 Å². The molecule has 0 bridgehead atoms. The number of carbonyl (C=O) groups is 1. The minimum absolute atomic E-state index is 0. The molecule has 5 heteroatoms. The van der Waals surface area contributed by atoms with Crippen molar-refractivity contribution in [2.24, 2.45) is 0 Å². The minimum atomic E-state index is -0.725. The van der Waals surface area contributed by atoms with Gasteiger partial charge in [-0.3, -0.25) is 0 Å². The van der Waals surface area contributed by atoms with Crippen LogP contribution in [-0.4, -0.2) is 36.6 Å². The van der Waals surface area contributed by atoms with Gasteiger partial charge in [0, 0.05) is 18.1 Å². The molecule has 3 nitrogen and oxygen atoms in total. The summed E-state index contributed by atoms with van der Waals surface area (Å²) in [7, 11) is 0. The third-order valence-corrected chi connectivity index (χ3v) is 1.63. The quantitative estimate of drug-likeness (QED) is 0.659. The van der Waals surface area contributed by atoms with Crippen LogP contribution < -0.4 is 0 Å². The molecule has 0 spiro atoms. The summed E-state index contributed by atoms with van der Waals surface area (Å²) >= 11 is 4.97. The van der Waals surface area contributed by atoms with Crippen molar-refractivity contribution in [2.75, 3.05) is 26.2 Å². The van der Waals surface area contributed by atoms with Crippen molar-refractivity contribution in [2.45, 2.75) is 13.8 Å². The molecule has 0 atom stereocenters. The first-order valence-corrected chi connectivity index (χ1v) is 4.13. The number of likely N-dealkylation sites (N-methyl/N-ethyl adjacent to an activating group) is 1. The maximum absolute atomic E-state index is 10.1. The number of hydrogen-bond acceptors (Lipinski definition) is 3. The summed E-state index contributed by atoms with van der Waals surface area (Å²) in [6.45, 7) is 7.19. The van der Waals surface area contributed by atoms with Gasteiger partial charge < -0.3 is 9.64 Å². The zero-order valence-electron chi connectivity index (χ0n) is 7.38. The van der Waals surface area contributed by atoms with Crippen LogP contribution in [0.25, 0.3) is 0 Å². The molecule has 0 radical (unpaired) electrons. The van der Waals surface area contributed by atoms with Crippen molar-refractivity contribution in [3.05, 3.63) is 0 Å². The van der Waals surface area contributed by atoms with Gasteiger partial charge in [0.15, 0.2) is 0 Å². The summed E-state index contributed by atoms with van der Waals surface area (Å²) in [6, 6.07) is 0. The summed E-state index contributed by atoms with van der Waals surface area (Å²) in [5, 5.41) is 0. The van der Waals surface area contributed by atoms with E-state index in [9.17, 15) is 4.79 Å². The highest BCUT2D eigenvalue weighted by Gasteiger charge is 1.99. The van der Waals surface area contributed by atoms with Crippen molar-refractivity contribution in [1.29, 1.82) is 0 Å². The van der Waals surface area contributed by atoms with Crippen LogP contribution in [0.4, 0.5) is 4.79 Å². The van der Waals surface area contributed by atoms with Crippen LogP contribution >= 0.6 is 24.0 Å². The normalized spacial score (nSPS) is 9.33. The number of nitrogens with zero attached hydrogens (tertiary/aromatic N) is 1. The summed E-state index contributed by atoms with van der Waals surface area (Å²) in [5.74, 6) is 0. The molecule has 0 amide bonds. The monoisotopic (exact) mass is 215 g/mol. The second kappa shape index (κ2) is 9.10. The SMILES string of the molecule is CCN(CC)CCOC(=O)Cl.Cl. The highest BCUT2D eigenvalue weighted by atomic mass is 35.5. The Labute approximate surface area is 84.4 Å². The van der Waals surface area contributed by atoms with Gasteiger partial charge in [0.25, 0.3) is 0 Å². The molecule has 74 valence electrons. The van der Waals surface area contributed by atoms with Crippen molar-refractivity contribution < 1.29 is 9.53 Å².